The fourth-order valence-electron chi connectivity index (χ4n) is 1.97. The summed E-state index contributed by atoms with van der Waals surface area (Å²) in [4.78, 5) is 8.16. The Hall–Kier alpha value is -1.00. The average Bonchev–Trinajstić information content (AvgIpc) is 2.30. The molecule has 0 saturated heterocycles. The molecule has 0 aliphatic heterocycles. The minimum atomic E-state index is -0.269. The van der Waals surface area contributed by atoms with Crippen LogP contribution >= 0.6 is 0 Å². The van der Waals surface area contributed by atoms with Gasteiger partial charge in [0.2, 0.25) is 0 Å². The monoisotopic (exact) mass is 237 g/mol. The van der Waals surface area contributed by atoms with E-state index in [1.165, 1.54) is 0 Å². The van der Waals surface area contributed by atoms with E-state index >= 15 is 0 Å². The van der Waals surface area contributed by atoms with Gasteiger partial charge >= 0.3 is 0 Å². The fraction of sp³-hybridized carbons (Fsp3) is 0.692. The highest BCUT2D eigenvalue weighted by Gasteiger charge is 2.31. The van der Waals surface area contributed by atoms with Crippen molar-refractivity contribution in [3.05, 3.63) is 24.3 Å². The molecule has 0 fully saturated rings. The summed E-state index contributed by atoms with van der Waals surface area (Å²) in [7, 11) is 0. The second kappa shape index (κ2) is 6.67. The normalized spacial score (nSPS) is 13.6. The van der Waals surface area contributed by atoms with Crippen LogP contribution in [0.3, 0.4) is 0 Å². The van der Waals surface area contributed by atoms with E-state index in [0.717, 1.165) is 18.5 Å². The highest BCUT2D eigenvalue weighted by Crippen LogP contribution is 2.28. The van der Waals surface area contributed by atoms with Crippen LogP contribution in [0.1, 0.15) is 45.7 Å². The van der Waals surface area contributed by atoms with Crippen LogP contribution in [0.15, 0.2) is 18.7 Å². The summed E-state index contributed by atoms with van der Waals surface area (Å²) in [6.45, 7) is 10.0. The molecule has 4 heteroatoms. The number of nitrogens with zero attached hydrogens (tertiary/aromatic N) is 2. The molecule has 1 N–H and O–H groups in total. The van der Waals surface area contributed by atoms with Crippen molar-refractivity contribution in [1.29, 1.82) is 0 Å². The van der Waals surface area contributed by atoms with E-state index in [1.54, 1.807) is 6.33 Å². The highest BCUT2D eigenvalue weighted by atomic mass is 16.5. The Morgan fingerprint density at radius 3 is 2.47 bits per heavy atom. The molecule has 0 saturated carbocycles. The number of aromatic nitrogens is 2. The lowest BCUT2D eigenvalue weighted by atomic mass is 9.93. The van der Waals surface area contributed by atoms with E-state index in [0.29, 0.717) is 6.61 Å². The Bertz CT molecular complexity index is 314. The predicted octanol–water partition coefficient (Wildman–Crippen LogP) is 2.33. The largest absolute Gasteiger partial charge is 0.374 e. The molecular weight excluding hydrogens is 214 g/mol. The number of ether oxygens (including phenoxy) is 1. The van der Waals surface area contributed by atoms with Crippen LogP contribution in [0.25, 0.3) is 0 Å². The molecule has 4 nitrogen and oxygen atoms in total. The maximum atomic E-state index is 5.82. The molecule has 0 amide bonds. The third-order valence-electron chi connectivity index (χ3n) is 2.72. The molecule has 0 aliphatic rings. The van der Waals surface area contributed by atoms with Gasteiger partial charge in [0.15, 0.2) is 0 Å². The summed E-state index contributed by atoms with van der Waals surface area (Å²) in [5.74, 6) is 0. The lowest BCUT2D eigenvalue weighted by molar-refractivity contribution is -0.0393. The van der Waals surface area contributed by atoms with Crippen molar-refractivity contribution in [1.82, 2.24) is 15.3 Å². The van der Waals surface area contributed by atoms with Gasteiger partial charge in [0, 0.05) is 24.6 Å². The standard InChI is InChI=1S/C13H23N3O/c1-5-7-16-12(13(3,4)17-6-2)11-8-14-10-15-9-11/h8-10,12,16H,5-7H2,1-4H3. The molecule has 0 spiro atoms. The highest BCUT2D eigenvalue weighted by molar-refractivity contribution is 5.14. The van der Waals surface area contributed by atoms with E-state index in [-0.39, 0.29) is 11.6 Å². The fourth-order valence-corrected chi connectivity index (χ4v) is 1.97. The molecule has 17 heavy (non-hydrogen) atoms. The zero-order chi connectivity index (χ0) is 12.7. The molecule has 1 rings (SSSR count). The molecule has 0 radical (unpaired) electrons. The first-order chi connectivity index (χ1) is 8.11. The van der Waals surface area contributed by atoms with Crippen molar-refractivity contribution in [3.63, 3.8) is 0 Å². The Kier molecular flexibility index (Phi) is 5.51. The molecule has 1 atom stereocenters. The minimum Gasteiger partial charge on any atom is -0.374 e. The van der Waals surface area contributed by atoms with Crippen molar-refractivity contribution < 1.29 is 4.74 Å². The summed E-state index contributed by atoms with van der Waals surface area (Å²) in [6, 6.07) is 0.114. The second-order valence-electron chi connectivity index (χ2n) is 4.60. The van der Waals surface area contributed by atoms with Gasteiger partial charge in [-0.15, -0.1) is 0 Å². The Balaban J connectivity index is 2.87. The van der Waals surface area contributed by atoms with Crippen LogP contribution in [0.2, 0.25) is 0 Å². The smallest absolute Gasteiger partial charge is 0.115 e. The first-order valence-electron chi connectivity index (χ1n) is 6.24. The topological polar surface area (TPSA) is 47.0 Å². The van der Waals surface area contributed by atoms with Crippen LogP contribution in [0.4, 0.5) is 0 Å². The second-order valence-corrected chi connectivity index (χ2v) is 4.60. The average molecular weight is 237 g/mol. The molecule has 1 aromatic heterocycles. The lowest BCUT2D eigenvalue weighted by Crippen LogP contribution is -2.42. The molecule has 1 aromatic rings. The van der Waals surface area contributed by atoms with Gasteiger partial charge in [0.1, 0.15) is 6.33 Å². The lowest BCUT2D eigenvalue weighted by Gasteiger charge is -2.34. The van der Waals surface area contributed by atoms with Gasteiger partial charge < -0.3 is 10.1 Å². The van der Waals surface area contributed by atoms with Gasteiger partial charge in [-0.3, -0.25) is 0 Å². The molecule has 96 valence electrons. The van der Waals surface area contributed by atoms with Crippen molar-refractivity contribution in [2.45, 2.75) is 45.8 Å². The predicted molar refractivity (Wildman–Crippen MR) is 68.8 cm³/mol. The van der Waals surface area contributed by atoms with Crippen molar-refractivity contribution in [3.8, 4) is 0 Å². The number of rotatable bonds is 7. The van der Waals surface area contributed by atoms with Gasteiger partial charge in [-0.1, -0.05) is 6.92 Å². The molecular formula is C13H23N3O. The van der Waals surface area contributed by atoms with Crippen molar-refractivity contribution in [2.24, 2.45) is 0 Å². The van der Waals surface area contributed by atoms with E-state index in [1.807, 2.05) is 19.3 Å². The third-order valence-corrected chi connectivity index (χ3v) is 2.72. The summed E-state index contributed by atoms with van der Waals surface area (Å²) >= 11 is 0. The van der Waals surface area contributed by atoms with Gasteiger partial charge in [-0.2, -0.15) is 0 Å². The summed E-state index contributed by atoms with van der Waals surface area (Å²) in [5, 5.41) is 3.51. The van der Waals surface area contributed by atoms with E-state index in [2.05, 4.69) is 36.1 Å². The molecule has 1 unspecified atom stereocenters. The van der Waals surface area contributed by atoms with Crippen LogP contribution < -0.4 is 5.32 Å². The van der Waals surface area contributed by atoms with Crippen molar-refractivity contribution >= 4 is 0 Å². The van der Waals surface area contributed by atoms with Gasteiger partial charge in [0.05, 0.1) is 11.6 Å². The minimum absolute atomic E-state index is 0.114. The van der Waals surface area contributed by atoms with Crippen LogP contribution in [0, 0.1) is 0 Å². The van der Waals surface area contributed by atoms with Crippen LogP contribution in [-0.2, 0) is 4.74 Å². The number of hydrogen-bond acceptors (Lipinski definition) is 4. The Labute approximate surface area is 104 Å². The van der Waals surface area contributed by atoms with Gasteiger partial charge in [-0.25, -0.2) is 9.97 Å². The number of hydrogen-bond donors (Lipinski definition) is 1. The maximum absolute atomic E-state index is 5.82. The SMILES string of the molecule is CCCNC(c1cncnc1)C(C)(C)OCC. The summed E-state index contributed by atoms with van der Waals surface area (Å²) in [5.41, 5.74) is 0.800. The van der Waals surface area contributed by atoms with E-state index in [9.17, 15) is 0 Å². The third kappa shape index (κ3) is 4.06. The molecule has 0 aromatic carbocycles. The molecule has 0 bridgehead atoms. The molecule has 1 heterocycles. The zero-order valence-corrected chi connectivity index (χ0v) is 11.2. The zero-order valence-electron chi connectivity index (χ0n) is 11.2. The van der Waals surface area contributed by atoms with Gasteiger partial charge in [-0.05, 0) is 33.7 Å². The number of nitrogens with one attached hydrogen (secondary N) is 1. The quantitative estimate of drug-likeness (QED) is 0.790. The van der Waals surface area contributed by atoms with Gasteiger partial charge in [0.25, 0.3) is 0 Å². The first kappa shape index (κ1) is 14.1. The first-order valence-corrected chi connectivity index (χ1v) is 6.24. The Morgan fingerprint density at radius 1 is 1.29 bits per heavy atom. The van der Waals surface area contributed by atoms with E-state index < -0.39 is 0 Å². The Morgan fingerprint density at radius 2 is 1.94 bits per heavy atom. The summed E-state index contributed by atoms with van der Waals surface area (Å²) in [6.07, 6.45) is 6.34. The maximum Gasteiger partial charge on any atom is 0.115 e. The summed E-state index contributed by atoms with van der Waals surface area (Å²) < 4.78 is 5.82. The van der Waals surface area contributed by atoms with E-state index in [4.69, 9.17) is 4.74 Å². The van der Waals surface area contributed by atoms with Crippen LogP contribution in [-0.4, -0.2) is 28.7 Å². The van der Waals surface area contributed by atoms with Crippen molar-refractivity contribution in [2.75, 3.05) is 13.2 Å². The van der Waals surface area contributed by atoms with Crippen LogP contribution in [0.5, 0.6) is 0 Å². The molecule has 0 aliphatic carbocycles.